The second-order valence-electron chi connectivity index (χ2n) is 5.59. The highest BCUT2D eigenvalue weighted by Gasteiger charge is 2.10. The van der Waals surface area contributed by atoms with Crippen LogP contribution >= 0.6 is 11.3 Å². The van der Waals surface area contributed by atoms with Crippen molar-refractivity contribution >= 4 is 27.2 Å². The van der Waals surface area contributed by atoms with Crippen LogP contribution in [0.3, 0.4) is 0 Å². The fourth-order valence-electron chi connectivity index (χ4n) is 2.89. The van der Waals surface area contributed by atoms with Gasteiger partial charge in [-0.05, 0) is 12.1 Å². The molecule has 0 saturated heterocycles. The number of benzene rings is 1. The van der Waals surface area contributed by atoms with Crippen molar-refractivity contribution in [1.82, 2.24) is 23.9 Å². The summed E-state index contributed by atoms with van der Waals surface area (Å²) in [6.45, 7) is 0.679. The van der Waals surface area contributed by atoms with Crippen molar-refractivity contribution in [2.45, 2.75) is 6.54 Å². The lowest BCUT2D eigenvalue weighted by atomic mass is 10.2. The first-order valence-electron chi connectivity index (χ1n) is 7.65. The zero-order valence-corrected chi connectivity index (χ0v) is 13.5. The van der Waals surface area contributed by atoms with Crippen LogP contribution in [0.25, 0.3) is 27.4 Å². The minimum atomic E-state index is 0.679. The van der Waals surface area contributed by atoms with Gasteiger partial charge in [0.1, 0.15) is 5.69 Å². The number of pyridine rings is 1. The predicted molar refractivity (Wildman–Crippen MR) is 95.1 cm³/mol. The average molecular weight is 331 g/mol. The molecule has 0 saturated carbocycles. The predicted octanol–water partition coefficient (Wildman–Crippen LogP) is 3.86. The number of hydrogen-bond donors (Lipinski definition) is 0. The Balaban J connectivity index is 1.54. The normalized spacial score (nSPS) is 11.5. The van der Waals surface area contributed by atoms with Gasteiger partial charge in [-0.3, -0.25) is 4.40 Å². The van der Waals surface area contributed by atoms with Gasteiger partial charge in [0.05, 0.1) is 17.8 Å². The van der Waals surface area contributed by atoms with Crippen molar-refractivity contribution < 1.29 is 0 Å². The lowest BCUT2D eigenvalue weighted by Gasteiger charge is -2.06. The Morgan fingerprint density at radius 2 is 1.96 bits per heavy atom. The van der Waals surface area contributed by atoms with Crippen molar-refractivity contribution in [1.29, 1.82) is 0 Å². The second-order valence-corrected chi connectivity index (χ2v) is 6.47. The number of imidazole rings is 2. The zero-order valence-electron chi connectivity index (χ0n) is 12.7. The number of fused-ring (bicyclic) bond motifs is 2. The number of thiazole rings is 1. The monoisotopic (exact) mass is 331 g/mol. The van der Waals surface area contributed by atoms with Gasteiger partial charge in [0, 0.05) is 35.6 Å². The molecule has 0 atom stereocenters. The van der Waals surface area contributed by atoms with E-state index in [0.29, 0.717) is 6.54 Å². The molecule has 5 nitrogen and oxygen atoms in total. The van der Waals surface area contributed by atoms with Gasteiger partial charge in [-0.2, -0.15) is 0 Å². The summed E-state index contributed by atoms with van der Waals surface area (Å²) in [5, 5.41) is 3.17. The Bertz CT molecular complexity index is 1120. The van der Waals surface area contributed by atoms with Gasteiger partial charge in [-0.25, -0.2) is 15.0 Å². The van der Waals surface area contributed by atoms with Gasteiger partial charge in [0.2, 0.25) is 0 Å². The van der Waals surface area contributed by atoms with Crippen LogP contribution in [0.2, 0.25) is 0 Å². The van der Waals surface area contributed by atoms with Gasteiger partial charge in [0.25, 0.3) is 0 Å². The molecule has 0 aliphatic heterocycles. The fourth-order valence-corrected chi connectivity index (χ4v) is 3.61. The molecule has 4 heterocycles. The third-order valence-electron chi connectivity index (χ3n) is 4.02. The van der Waals surface area contributed by atoms with Crippen LogP contribution in [0.1, 0.15) is 5.69 Å². The molecule has 1 aromatic carbocycles. The minimum absolute atomic E-state index is 0.679. The quantitative estimate of drug-likeness (QED) is 0.504. The zero-order chi connectivity index (χ0) is 15.9. The molecule has 0 unspecified atom stereocenters. The summed E-state index contributed by atoms with van der Waals surface area (Å²) in [5.74, 6) is 0.858. The maximum atomic E-state index is 4.75. The summed E-state index contributed by atoms with van der Waals surface area (Å²) in [5.41, 5.74) is 2.87. The first kappa shape index (κ1) is 13.4. The fraction of sp³-hybridized carbons (Fsp3) is 0.0556. The maximum Gasteiger partial charge on any atom is 0.193 e. The standard InChI is InChI=1S/C18H13N5S/c1-2-4-15-13(3-1)5-6-16(21-15)17-19-7-8-22(17)11-14-12-23-9-10-24-18(23)20-14/h1-10,12H,11H2. The molecule has 0 fully saturated rings. The first-order chi connectivity index (χ1) is 11.9. The van der Waals surface area contributed by atoms with Crippen molar-refractivity contribution in [3.63, 3.8) is 0 Å². The lowest BCUT2D eigenvalue weighted by molar-refractivity contribution is 0.786. The van der Waals surface area contributed by atoms with E-state index in [2.05, 4.69) is 32.9 Å². The van der Waals surface area contributed by atoms with E-state index in [0.717, 1.165) is 33.1 Å². The molecular weight excluding hydrogens is 318 g/mol. The number of para-hydroxylation sites is 1. The van der Waals surface area contributed by atoms with Crippen molar-refractivity contribution in [3.05, 3.63) is 72.3 Å². The number of aromatic nitrogens is 5. The van der Waals surface area contributed by atoms with Crippen LogP contribution in [0.5, 0.6) is 0 Å². The van der Waals surface area contributed by atoms with Crippen molar-refractivity contribution in [2.75, 3.05) is 0 Å². The van der Waals surface area contributed by atoms with E-state index in [1.807, 2.05) is 52.6 Å². The summed E-state index contributed by atoms with van der Waals surface area (Å²) < 4.78 is 4.13. The van der Waals surface area contributed by atoms with Crippen LogP contribution in [0.15, 0.2) is 66.6 Å². The van der Waals surface area contributed by atoms with Crippen LogP contribution < -0.4 is 0 Å². The van der Waals surface area contributed by atoms with E-state index in [1.54, 1.807) is 11.3 Å². The Labute approximate surface area is 141 Å². The summed E-state index contributed by atoms with van der Waals surface area (Å²) in [6.07, 6.45) is 7.86. The van der Waals surface area contributed by atoms with E-state index in [4.69, 9.17) is 4.98 Å². The summed E-state index contributed by atoms with van der Waals surface area (Å²) in [7, 11) is 0. The third kappa shape index (κ3) is 2.19. The van der Waals surface area contributed by atoms with Crippen molar-refractivity contribution in [3.8, 4) is 11.5 Å². The summed E-state index contributed by atoms with van der Waals surface area (Å²) >= 11 is 1.64. The summed E-state index contributed by atoms with van der Waals surface area (Å²) in [4.78, 5) is 14.9. The molecule has 0 spiro atoms. The van der Waals surface area contributed by atoms with E-state index < -0.39 is 0 Å². The molecule has 6 heteroatoms. The highest BCUT2D eigenvalue weighted by Crippen LogP contribution is 2.21. The van der Waals surface area contributed by atoms with E-state index in [1.165, 1.54) is 0 Å². The Morgan fingerprint density at radius 3 is 2.92 bits per heavy atom. The Kier molecular flexibility index (Phi) is 2.96. The number of hydrogen-bond acceptors (Lipinski definition) is 4. The molecule has 0 radical (unpaired) electrons. The molecule has 4 aromatic heterocycles. The minimum Gasteiger partial charge on any atom is -0.324 e. The van der Waals surface area contributed by atoms with Gasteiger partial charge in [0.15, 0.2) is 10.8 Å². The Hall–Kier alpha value is -2.99. The molecule has 0 N–H and O–H groups in total. The number of nitrogens with zero attached hydrogens (tertiary/aromatic N) is 5. The molecule has 24 heavy (non-hydrogen) atoms. The first-order valence-corrected chi connectivity index (χ1v) is 8.53. The topological polar surface area (TPSA) is 48.0 Å². The molecule has 5 rings (SSSR count). The van der Waals surface area contributed by atoms with E-state index in [9.17, 15) is 0 Å². The molecule has 116 valence electrons. The second kappa shape index (κ2) is 5.28. The van der Waals surface area contributed by atoms with Gasteiger partial charge in [-0.15, -0.1) is 11.3 Å². The van der Waals surface area contributed by atoms with E-state index >= 15 is 0 Å². The van der Waals surface area contributed by atoms with Gasteiger partial charge >= 0.3 is 0 Å². The van der Waals surface area contributed by atoms with Crippen LogP contribution in [0.4, 0.5) is 0 Å². The molecule has 5 aromatic rings. The largest absolute Gasteiger partial charge is 0.324 e. The SMILES string of the molecule is c1ccc2nc(-c3nccn3Cc3cn4ccsc4n3)ccc2c1. The van der Waals surface area contributed by atoms with Crippen molar-refractivity contribution in [2.24, 2.45) is 0 Å². The lowest BCUT2D eigenvalue weighted by Crippen LogP contribution is -2.02. The number of rotatable bonds is 3. The van der Waals surface area contributed by atoms with Crippen LogP contribution in [-0.4, -0.2) is 23.9 Å². The van der Waals surface area contributed by atoms with Crippen LogP contribution in [-0.2, 0) is 6.54 Å². The van der Waals surface area contributed by atoms with Gasteiger partial charge < -0.3 is 4.57 Å². The average Bonchev–Trinajstić information content (AvgIpc) is 3.31. The third-order valence-corrected chi connectivity index (χ3v) is 4.79. The highest BCUT2D eigenvalue weighted by atomic mass is 32.1. The maximum absolute atomic E-state index is 4.75. The highest BCUT2D eigenvalue weighted by molar-refractivity contribution is 7.15. The van der Waals surface area contributed by atoms with E-state index in [-0.39, 0.29) is 0 Å². The molecular formula is C18H13N5S. The molecule has 0 aliphatic carbocycles. The molecule has 0 bridgehead atoms. The Morgan fingerprint density at radius 1 is 1.00 bits per heavy atom. The van der Waals surface area contributed by atoms with Crippen LogP contribution in [0, 0.1) is 0 Å². The molecule has 0 amide bonds. The van der Waals surface area contributed by atoms with Gasteiger partial charge in [-0.1, -0.05) is 24.3 Å². The smallest absolute Gasteiger partial charge is 0.193 e. The molecule has 0 aliphatic rings. The summed E-state index contributed by atoms with van der Waals surface area (Å²) in [6, 6.07) is 12.2.